The SMILES string of the molecule is COCCCn1cnnc1[C@@H](C)NC(=O)c1ccc2c(=O)n(C)cnc2c1. The van der Waals surface area contributed by atoms with Crippen molar-refractivity contribution < 1.29 is 9.53 Å². The molecule has 27 heavy (non-hydrogen) atoms. The van der Waals surface area contributed by atoms with E-state index in [0.29, 0.717) is 35.4 Å². The second kappa shape index (κ2) is 8.09. The number of methoxy groups -OCH3 is 1. The van der Waals surface area contributed by atoms with Crippen LogP contribution in [-0.2, 0) is 18.3 Å². The van der Waals surface area contributed by atoms with Crippen LogP contribution in [0.15, 0.2) is 35.6 Å². The molecule has 2 aromatic heterocycles. The summed E-state index contributed by atoms with van der Waals surface area (Å²) in [5.74, 6) is 0.408. The minimum Gasteiger partial charge on any atom is -0.385 e. The number of rotatable bonds is 7. The summed E-state index contributed by atoms with van der Waals surface area (Å²) in [6, 6.07) is 4.53. The van der Waals surface area contributed by atoms with Crippen LogP contribution in [0.4, 0.5) is 0 Å². The summed E-state index contributed by atoms with van der Waals surface area (Å²) < 4.78 is 8.36. The van der Waals surface area contributed by atoms with Gasteiger partial charge in [-0.25, -0.2) is 4.98 Å². The Kier molecular flexibility index (Phi) is 5.60. The fourth-order valence-electron chi connectivity index (χ4n) is 2.85. The molecule has 0 saturated heterocycles. The Morgan fingerprint density at radius 1 is 1.33 bits per heavy atom. The molecule has 1 N–H and O–H groups in total. The Labute approximate surface area is 156 Å². The van der Waals surface area contributed by atoms with Crippen LogP contribution in [0.25, 0.3) is 10.9 Å². The van der Waals surface area contributed by atoms with E-state index in [-0.39, 0.29) is 17.5 Å². The number of benzene rings is 1. The molecule has 3 rings (SSSR count). The second-order valence-electron chi connectivity index (χ2n) is 6.32. The summed E-state index contributed by atoms with van der Waals surface area (Å²) in [6.07, 6.45) is 3.91. The van der Waals surface area contributed by atoms with Crippen molar-refractivity contribution in [3.05, 3.63) is 52.6 Å². The standard InChI is InChI=1S/C18H22N6O3/c1-12(16-22-20-11-24(16)7-4-8-27-3)21-17(25)13-5-6-14-15(9-13)19-10-23(2)18(14)26/h5-6,9-12H,4,7-8H2,1-3H3,(H,21,25)/t12-/m1/s1. The average Bonchev–Trinajstić information content (AvgIpc) is 3.13. The monoisotopic (exact) mass is 370 g/mol. The maximum absolute atomic E-state index is 12.6. The van der Waals surface area contributed by atoms with E-state index >= 15 is 0 Å². The van der Waals surface area contributed by atoms with Crippen molar-refractivity contribution in [2.24, 2.45) is 7.05 Å². The summed E-state index contributed by atoms with van der Waals surface area (Å²) in [5.41, 5.74) is 0.770. The fraction of sp³-hybridized carbons (Fsp3) is 0.389. The number of aryl methyl sites for hydroxylation is 2. The van der Waals surface area contributed by atoms with Crippen LogP contribution in [0.5, 0.6) is 0 Å². The van der Waals surface area contributed by atoms with E-state index in [1.807, 2.05) is 11.5 Å². The lowest BCUT2D eigenvalue weighted by atomic mass is 10.1. The number of nitrogens with one attached hydrogen (secondary N) is 1. The molecular weight excluding hydrogens is 348 g/mol. The summed E-state index contributed by atoms with van der Waals surface area (Å²) in [4.78, 5) is 28.9. The first-order valence-electron chi connectivity index (χ1n) is 8.64. The number of ether oxygens (including phenoxy) is 1. The number of hydrogen-bond acceptors (Lipinski definition) is 6. The van der Waals surface area contributed by atoms with Crippen LogP contribution >= 0.6 is 0 Å². The Morgan fingerprint density at radius 3 is 2.93 bits per heavy atom. The van der Waals surface area contributed by atoms with Crippen LogP contribution in [0.2, 0.25) is 0 Å². The van der Waals surface area contributed by atoms with Crippen LogP contribution in [-0.4, -0.2) is 43.9 Å². The van der Waals surface area contributed by atoms with Crippen molar-refractivity contribution in [1.82, 2.24) is 29.6 Å². The van der Waals surface area contributed by atoms with Crippen LogP contribution < -0.4 is 10.9 Å². The number of nitrogens with zero attached hydrogens (tertiary/aromatic N) is 5. The third-order valence-corrected chi connectivity index (χ3v) is 4.31. The average molecular weight is 370 g/mol. The van der Waals surface area contributed by atoms with Crippen molar-refractivity contribution in [3.8, 4) is 0 Å². The highest BCUT2D eigenvalue weighted by Crippen LogP contribution is 2.14. The van der Waals surface area contributed by atoms with Gasteiger partial charge in [-0.2, -0.15) is 0 Å². The van der Waals surface area contributed by atoms with E-state index in [4.69, 9.17) is 4.74 Å². The number of aromatic nitrogens is 5. The molecule has 0 aliphatic rings. The molecule has 0 aliphatic carbocycles. The predicted molar refractivity (Wildman–Crippen MR) is 99.4 cm³/mol. The quantitative estimate of drug-likeness (QED) is 0.624. The van der Waals surface area contributed by atoms with Gasteiger partial charge in [-0.05, 0) is 31.5 Å². The molecule has 142 valence electrons. The van der Waals surface area contributed by atoms with Gasteiger partial charge in [0.05, 0.1) is 23.3 Å². The van der Waals surface area contributed by atoms with E-state index in [2.05, 4.69) is 20.5 Å². The van der Waals surface area contributed by atoms with Gasteiger partial charge in [-0.1, -0.05) is 0 Å². The highest BCUT2D eigenvalue weighted by atomic mass is 16.5. The van der Waals surface area contributed by atoms with Crippen molar-refractivity contribution >= 4 is 16.8 Å². The summed E-state index contributed by atoms with van der Waals surface area (Å²) in [6.45, 7) is 3.20. The van der Waals surface area contributed by atoms with Gasteiger partial charge in [0.15, 0.2) is 5.82 Å². The third-order valence-electron chi connectivity index (χ3n) is 4.31. The Hall–Kier alpha value is -3.07. The molecule has 1 amide bonds. The maximum Gasteiger partial charge on any atom is 0.260 e. The highest BCUT2D eigenvalue weighted by molar-refractivity contribution is 5.97. The van der Waals surface area contributed by atoms with Crippen molar-refractivity contribution in [2.45, 2.75) is 25.9 Å². The summed E-state index contributed by atoms with van der Waals surface area (Å²) in [5, 5.41) is 11.4. The summed E-state index contributed by atoms with van der Waals surface area (Å²) >= 11 is 0. The largest absolute Gasteiger partial charge is 0.385 e. The molecule has 1 atom stereocenters. The van der Waals surface area contributed by atoms with Crippen LogP contribution in [0.3, 0.4) is 0 Å². The zero-order chi connectivity index (χ0) is 19.4. The van der Waals surface area contributed by atoms with Gasteiger partial charge in [0, 0.05) is 32.9 Å². The highest BCUT2D eigenvalue weighted by Gasteiger charge is 2.17. The van der Waals surface area contributed by atoms with Crippen LogP contribution in [0.1, 0.15) is 35.6 Å². The van der Waals surface area contributed by atoms with Gasteiger partial charge in [-0.3, -0.25) is 9.59 Å². The first kappa shape index (κ1) is 18.7. The third kappa shape index (κ3) is 4.03. The minimum atomic E-state index is -0.324. The molecule has 9 heteroatoms. The lowest BCUT2D eigenvalue weighted by Gasteiger charge is -2.15. The van der Waals surface area contributed by atoms with Crippen molar-refractivity contribution in [2.75, 3.05) is 13.7 Å². The van der Waals surface area contributed by atoms with Gasteiger partial charge in [0.25, 0.3) is 11.5 Å². The second-order valence-corrected chi connectivity index (χ2v) is 6.32. The molecule has 1 aromatic carbocycles. The Balaban J connectivity index is 1.75. The van der Waals surface area contributed by atoms with Gasteiger partial charge in [0.2, 0.25) is 0 Å². The Bertz CT molecular complexity index is 1010. The lowest BCUT2D eigenvalue weighted by Crippen LogP contribution is -2.29. The van der Waals surface area contributed by atoms with E-state index in [9.17, 15) is 9.59 Å². The van der Waals surface area contributed by atoms with E-state index in [1.54, 1.807) is 38.7 Å². The zero-order valence-corrected chi connectivity index (χ0v) is 15.5. The molecule has 0 bridgehead atoms. The van der Waals surface area contributed by atoms with E-state index in [1.165, 1.54) is 10.9 Å². The van der Waals surface area contributed by atoms with E-state index < -0.39 is 0 Å². The molecule has 0 fully saturated rings. The summed E-state index contributed by atoms with van der Waals surface area (Å²) in [7, 11) is 3.30. The first-order chi connectivity index (χ1) is 13.0. The lowest BCUT2D eigenvalue weighted by molar-refractivity contribution is 0.0937. The molecule has 0 saturated carbocycles. The molecule has 9 nitrogen and oxygen atoms in total. The normalized spacial score (nSPS) is 12.3. The molecule has 0 spiro atoms. The molecule has 0 unspecified atom stereocenters. The van der Waals surface area contributed by atoms with Gasteiger partial charge < -0.3 is 19.2 Å². The van der Waals surface area contributed by atoms with Crippen LogP contribution in [0, 0.1) is 0 Å². The minimum absolute atomic E-state index is 0.149. The molecule has 3 aromatic rings. The number of fused-ring (bicyclic) bond motifs is 1. The number of amides is 1. The number of carbonyl (C=O) groups excluding carboxylic acids is 1. The molecular formula is C18H22N6O3. The van der Waals surface area contributed by atoms with Gasteiger partial charge >= 0.3 is 0 Å². The molecule has 2 heterocycles. The van der Waals surface area contributed by atoms with Gasteiger partial charge in [0.1, 0.15) is 6.33 Å². The zero-order valence-electron chi connectivity index (χ0n) is 15.5. The smallest absolute Gasteiger partial charge is 0.260 e. The Morgan fingerprint density at radius 2 is 2.15 bits per heavy atom. The van der Waals surface area contributed by atoms with E-state index in [0.717, 1.165) is 6.42 Å². The first-order valence-corrected chi connectivity index (χ1v) is 8.64. The maximum atomic E-state index is 12.6. The topological polar surface area (TPSA) is 104 Å². The van der Waals surface area contributed by atoms with Crippen molar-refractivity contribution in [3.63, 3.8) is 0 Å². The fourth-order valence-corrected chi connectivity index (χ4v) is 2.85. The molecule has 0 aliphatic heterocycles. The van der Waals surface area contributed by atoms with Crippen molar-refractivity contribution in [1.29, 1.82) is 0 Å². The number of carbonyl (C=O) groups is 1. The number of hydrogen-bond donors (Lipinski definition) is 1. The predicted octanol–water partition coefficient (Wildman–Crippen LogP) is 1.05. The molecule has 0 radical (unpaired) electrons. The van der Waals surface area contributed by atoms with Gasteiger partial charge in [-0.15, -0.1) is 10.2 Å².